The third-order valence-corrected chi connectivity index (χ3v) is 2.20. The summed E-state index contributed by atoms with van der Waals surface area (Å²) in [6, 6.07) is 6.22. The second-order valence-corrected chi connectivity index (χ2v) is 3.41. The van der Waals surface area contributed by atoms with Crippen LogP contribution in [0.3, 0.4) is 0 Å². The smallest absolute Gasteiger partial charge is 0.325 e. The van der Waals surface area contributed by atoms with Gasteiger partial charge in [0.15, 0.2) is 5.82 Å². The summed E-state index contributed by atoms with van der Waals surface area (Å²) < 4.78 is 14.5. The van der Waals surface area contributed by atoms with Gasteiger partial charge in [-0.3, -0.25) is 4.79 Å². The number of carbonyl (C=O) groups is 1. The zero-order valence-corrected chi connectivity index (χ0v) is 8.75. The van der Waals surface area contributed by atoms with E-state index >= 15 is 0 Å². The number of halogens is 1. The summed E-state index contributed by atoms with van der Waals surface area (Å²) in [5.74, 6) is -1.10. The summed E-state index contributed by atoms with van der Waals surface area (Å²) in [6.07, 6.45) is 0.160. The number of rotatable bonds is 4. The predicted molar refractivity (Wildman–Crippen MR) is 54.7 cm³/mol. The molecule has 2 rings (SSSR count). The molecule has 0 spiro atoms. The van der Waals surface area contributed by atoms with Gasteiger partial charge in [-0.1, -0.05) is 18.2 Å². The quantitative estimate of drug-likeness (QED) is 0.835. The first-order valence-electron chi connectivity index (χ1n) is 4.87. The molecule has 0 aliphatic heterocycles. The molecule has 0 amide bonds. The molecule has 2 aromatic rings. The van der Waals surface area contributed by atoms with Crippen molar-refractivity contribution < 1.29 is 14.3 Å². The average Bonchev–Trinajstić information content (AvgIpc) is 2.68. The van der Waals surface area contributed by atoms with E-state index in [9.17, 15) is 9.18 Å². The van der Waals surface area contributed by atoms with Gasteiger partial charge in [0.05, 0.1) is 0 Å². The molecule has 0 radical (unpaired) electrons. The highest BCUT2D eigenvalue weighted by atomic mass is 19.1. The highest BCUT2D eigenvalue weighted by Gasteiger charge is 2.11. The second-order valence-electron chi connectivity index (χ2n) is 3.41. The number of hydrogen-bond acceptors (Lipinski definition) is 4. The van der Waals surface area contributed by atoms with E-state index in [1.807, 2.05) is 0 Å². The van der Waals surface area contributed by atoms with Crippen LogP contribution in [0.1, 0.15) is 11.4 Å². The topological polar surface area (TPSA) is 80.9 Å². The number of benzene rings is 1. The molecule has 1 N–H and O–H groups in total. The van der Waals surface area contributed by atoms with Gasteiger partial charge < -0.3 is 5.11 Å². The van der Waals surface area contributed by atoms with Crippen LogP contribution in [-0.2, 0) is 17.8 Å². The van der Waals surface area contributed by atoms with Crippen LogP contribution in [0.5, 0.6) is 0 Å². The maximum atomic E-state index is 13.4. The molecule has 0 atom stereocenters. The molecule has 0 aliphatic carbocycles. The van der Waals surface area contributed by atoms with Crippen LogP contribution in [0.4, 0.5) is 4.39 Å². The van der Waals surface area contributed by atoms with Gasteiger partial charge >= 0.3 is 5.97 Å². The van der Waals surface area contributed by atoms with E-state index in [2.05, 4.69) is 15.5 Å². The molecule has 1 heterocycles. The SMILES string of the molecule is O=C(O)Cn1nnnc1Cc1ccccc1F. The van der Waals surface area contributed by atoms with Crippen molar-refractivity contribution in [3.63, 3.8) is 0 Å². The van der Waals surface area contributed by atoms with Gasteiger partial charge in [0.2, 0.25) is 0 Å². The molecule has 6 nitrogen and oxygen atoms in total. The number of nitrogens with zero attached hydrogens (tertiary/aromatic N) is 4. The lowest BCUT2D eigenvalue weighted by Crippen LogP contribution is -2.14. The standard InChI is InChI=1S/C10H9FN4O2/c11-8-4-2-1-3-7(8)5-9-12-13-14-15(9)6-10(16)17/h1-4H,5-6H2,(H,16,17). The van der Waals surface area contributed by atoms with Crippen LogP contribution in [0.15, 0.2) is 24.3 Å². The lowest BCUT2D eigenvalue weighted by Gasteiger charge is -2.02. The second kappa shape index (κ2) is 4.69. The van der Waals surface area contributed by atoms with Gasteiger partial charge in [-0.05, 0) is 22.1 Å². The molecule has 0 saturated heterocycles. The maximum absolute atomic E-state index is 13.4. The van der Waals surface area contributed by atoms with E-state index < -0.39 is 5.97 Å². The van der Waals surface area contributed by atoms with Crippen LogP contribution in [-0.4, -0.2) is 31.3 Å². The van der Waals surface area contributed by atoms with Crippen LogP contribution < -0.4 is 0 Å². The molecular weight excluding hydrogens is 227 g/mol. The number of hydrogen-bond donors (Lipinski definition) is 1. The summed E-state index contributed by atoms with van der Waals surface area (Å²) in [4.78, 5) is 10.5. The van der Waals surface area contributed by atoms with Crippen molar-refractivity contribution in [2.75, 3.05) is 0 Å². The summed E-state index contributed by atoms with van der Waals surface area (Å²) >= 11 is 0. The Morgan fingerprint density at radius 3 is 2.88 bits per heavy atom. The summed E-state index contributed by atoms with van der Waals surface area (Å²) in [5, 5.41) is 19.2. The predicted octanol–water partition coefficient (Wildman–Crippen LogP) is 0.488. The number of aromatic nitrogens is 4. The minimum absolute atomic E-state index is 0.160. The fraction of sp³-hybridized carbons (Fsp3) is 0.200. The highest BCUT2D eigenvalue weighted by molar-refractivity contribution is 5.66. The first kappa shape index (κ1) is 11.2. The Kier molecular flexibility index (Phi) is 3.08. The summed E-state index contributed by atoms with van der Waals surface area (Å²) in [6.45, 7) is -0.337. The molecule has 0 fully saturated rings. The fourth-order valence-corrected chi connectivity index (χ4v) is 1.41. The van der Waals surface area contributed by atoms with E-state index in [1.165, 1.54) is 6.07 Å². The lowest BCUT2D eigenvalue weighted by atomic mass is 10.1. The van der Waals surface area contributed by atoms with E-state index in [4.69, 9.17) is 5.11 Å². The van der Waals surface area contributed by atoms with E-state index in [1.54, 1.807) is 18.2 Å². The molecule has 0 saturated carbocycles. The Morgan fingerprint density at radius 2 is 2.18 bits per heavy atom. The number of carboxylic acid groups (broad SMARTS) is 1. The highest BCUT2D eigenvalue weighted by Crippen LogP contribution is 2.10. The zero-order valence-electron chi connectivity index (χ0n) is 8.75. The lowest BCUT2D eigenvalue weighted by molar-refractivity contribution is -0.138. The van der Waals surface area contributed by atoms with E-state index in [0.717, 1.165) is 4.68 Å². The fourth-order valence-electron chi connectivity index (χ4n) is 1.41. The third kappa shape index (κ3) is 2.63. The third-order valence-electron chi connectivity index (χ3n) is 2.20. The Balaban J connectivity index is 2.22. The van der Waals surface area contributed by atoms with Crippen molar-refractivity contribution in [1.82, 2.24) is 20.2 Å². The Hall–Kier alpha value is -2.31. The monoisotopic (exact) mass is 236 g/mol. The molecular formula is C10H9FN4O2. The van der Waals surface area contributed by atoms with Gasteiger partial charge in [0, 0.05) is 6.42 Å². The Bertz CT molecular complexity index is 541. The summed E-state index contributed by atoms with van der Waals surface area (Å²) in [5.41, 5.74) is 0.425. The number of tetrazole rings is 1. The van der Waals surface area contributed by atoms with Crippen molar-refractivity contribution in [2.45, 2.75) is 13.0 Å². The molecule has 17 heavy (non-hydrogen) atoms. The molecule has 0 unspecified atom stereocenters. The van der Waals surface area contributed by atoms with E-state index in [-0.39, 0.29) is 18.8 Å². The minimum Gasteiger partial charge on any atom is -0.480 e. The number of carboxylic acids is 1. The normalized spacial score (nSPS) is 10.4. The van der Waals surface area contributed by atoms with Crippen LogP contribution in [0.25, 0.3) is 0 Å². The first-order valence-corrected chi connectivity index (χ1v) is 4.87. The van der Waals surface area contributed by atoms with Crippen molar-refractivity contribution >= 4 is 5.97 Å². The molecule has 1 aromatic heterocycles. The van der Waals surface area contributed by atoms with Crippen molar-refractivity contribution in [1.29, 1.82) is 0 Å². The van der Waals surface area contributed by atoms with Crippen molar-refractivity contribution in [3.05, 3.63) is 41.5 Å². The minimum atomic E-state index is -1.05. The van der Waals surface area contributed by atoms with Crippen molar-refractivity contribution in [3.8, 4) is 0 Å². The molecule has 88 valence electrons. The van der Waals surface area contributed by atoms with Crippen LogP contribution >= 0.6 is 0 Å². The summed E-state index contributed by atoms with van der Waals surface area (Å²) in [7, 11) is 0. The van der Waals surface area contributed by atoms with Gasteiger partial charge in [0.25, 0.3) is 0 Å². The maximum Gasteiger partial charge on any atom is 0.325 e. The molecule has 7 heteroatoms. The molecule has 1 aromatic carbocycles. The average molecular weight is 236 g/mol. The van der Waals surface area contributed by atoms with Gasteiger partial charge in [-0.15, -0.1) is 5.10 Å². The van der Waals surface area contributed by atoms with Gasteiger partial charge in [-0.2, -0.15) is 0 Å². The largest absolute Gasteiger partial charge is 0.480 e. The molecule has 0 aliphatic rings. The number of aliphatic carboxylic acids is 1. The zero-order chi connectivity index (χ0) is 12.3. The Morgan fingerprint density at radius 1 is 1.41 bits per heavy atom. The first-order chi connectivity index (χ1) is 8.16. The molecule has 0 bridgehead atoms. The van der Waals surface area contributed by atoms with Gasteiger partial charge in [-0.25, -0.2) is 9.07 Å². The van der Waals surface area contributed by atoms with Crippen molar-refractivity contribution in [2.24, 2.45) is 0 Å². The van der Waals surface area contributed by atoms with Crippen LogP contribution in [0, 0.1) is 5.82 Å². The van der Waals surface area contributed by atoms with E-state index in [0.29, 0.717) is 11.4 Å². The van der Waals surface area contributed by atoms with Gasteiger partial charge in [0.1, 0.15) is 12.4 Å². The van der Waals surface area contributed by atoms with Crippen LogP contribution in [0.2, 0.25) is 0 Å². The Labute approximate surface area is 95.7 Å².